The Hall–Kier alpha value is -6.46. The lowest BCUT2D eigenvalue weighted by Gasteiger charge is -2.09. The first-order valence-corrected chi connectivity index (χ1v) is 15.6. The fourth-order valence-corrected chi connectivity index (χ4v) is 6.98. The molecule has 218 valence electrons. The van der Waals surface area contributed by atoms with E-state index >= 15 is 0 Å². The Morgan fingerprint density at radius 2 is 1.02 bits per heavy atom. The van der Waals surface area contributed by atoms with Crippen molar-refractivity contribution in [2.75, 3.05) is 0 Å². The summed E-state index contributed by atoms with van der Waals surface area (Å²) in [7, 11) is 0. The SMILES string of the molecule is c1ccc(-c2nc(-c3ccccc3)nc(-c3cncc4oc5cc(-c6ccc7c(c6)-c6cccc8cccc-7c68)ccc5c34)n2)cc1. The first kappa shape index (κ1) is 25.8. The summed E-state index contributed by atoms with van der Waals surface area (Å²) in [5.41, 5.74) is 11.5. The second-order valence-electron chi connectivity index (χ2n) is 11.9. The second kappa shape index (κ2) is 10.0. The number of nitrogens with zero attached hydrogens (tertiary/aromatic N) is 4. The van der Waals surface area contributed by atoms with E-state index in [9.17, 15) is 0 Å². The molecule has 10 rings (SSSR count). The highest BCUT2D eigenvalue weighted by atomic mass is 16.3. The molecule has 3 aromatic heterocycles. The number of furan rings is 1. The van der Waals surface area contributed by atoms with Gasteiger partial charge in [0.25, 0.3) is 0 Å². The van der Waals surface area contributed by atoms with Crippen LogP contribution in [0.5, 0.6) is 0 Å². The zero-order valence-electron chi connectivity index (χ0n) is 25.1. The van der Waals surface area contributed by atoms with Crippen LogP contribution in [0.4, 0.5) is 0 Å². The number of hydrogen-bond donors (Lipinski definition) is 0. The third kappa shape index (κ3) is 4.03. The highest BCUT2D eigenvalue weighted by Gasteiger charge is 2.22. The van der Waals surface area contributed by atoms with Gasteiger partial charge in [0.15, 0.2) is 23.1 Å². The van der Waals surface area contributed by atoms with Crippen LogP contribution in [-0.4, -0.2) is 19.9 Å². The normalized spacial score (nSPS) is 11.8. The van der Waals surface area contributed by atoms with Gasteiger partial charge >= 0.3 is 0 Å². The topological polar surface area (TPSA) is 64.7 Å². The van der Waals surface area contributed by atoms with Crippen LogP contribution in [-0.2, 0) is 0 Å². The average Bonchev–Trinajstić information content (AvgIpc) is 3.68. The van der Waals surface area contributed by atoms with Crippen molar-refractivity contribution in [2.24, 2.45) is 0 Å². The molecular weight excluding hydrogens is 576 g/mol. The van der Waals surface area contributed by atoms with Gasteiger partial charge in [-0.25, -0.2) is 15.0 Å². The molecule has 5 heteroatoms. The molecule has 1 aliphatic rings. The summed E-state index contributed by atoms with van der Waals surface area (Å²) in [6.07, 6.45) is 3.59. The van der Waals surface area contributed by atoms with Crippen molar-refractivity contribution in [3.8, 4) is 67.5 Å². The molecule has 3 heterocycles. The lowest BCUT2D eigenvalue weighted by molar-refractivity contribution is 0.667. The Morgan fingerprint density at radius 3 is 1.74 bits per heavy atom. The summed E-state index contributed by atoms with van der Waals surface area (Å²) in [4.78, 5) is 19.3. The lowest BCUT2D eigenvalue weighted by Crippen LogP contribution is -2.00. The average molecular weight is 601 g/mol. The minimum atomic E-state index is 0.551. The molecule has 9 aromatic rings. The van der Waals surface area contributed by atoms with E-state index in [-0.39, 0.29) is 0 Å². The van der Waals surface area contributed by atoms with Gasteiger partial charge < -0.3 is 4.42 Å². The van der Waals surface area contributed by atoms with Crippen molar-refractivity contribution in [3.63, 3.8) is 0 Å². The van der Waals surface area contributed by atoms with E-state index in [0.29, 0.717) is 23.1 Å². The molecule has 0 fully saturated rings. The molecule has 1 aliphatic carbocycles. The van der Waals surface area contributed by atoms with Crippen LogP contribution in [0, 0.1) is 0 Å². The summed E-state index contributed by atoms with van der Waals surface area (Å²) in [5, 5.41) is 4.53. The first-order valence-electron chi connectivity index (χ1n) is 15.6. The van der Waals surface area contributed by atoms with Gasteiger partial charge in [-0.2, -0.15) is 0 Å². The molecule has 0 bridgehead atoms. The number of aromatic nitrogens is 4. The summed E-state index contributed by atoms with van der Waals surface area (Å²) < 4.78 is 6.46. The zero-order chi connectivity index (χ0) is 30.9. The lowest BCUT2D eigenvalue weighted by atomic mass is 9.96. The summed E-state index contributed by atoms with van der Waals surface area (Å²) in [6.45, 7) is 0. The molecule has 0 amide bonds. The molecule has 0 unspecified atom stereocenters. The number of pyridine rings is 1. The highest BCUT2D eigenvalue weighted by molar-refractivity contribution is 6.16. The molecule has 5 nitrogen and oxygen atoms in total. The van der Waals surface area contributed by atoms with Gasteiger partial charge in [-0.15, -0.1) is 0 Å². The maximum absolute atomic E-state index is 6.46. The monoisotopic (exact) mass is 600 g/mol. The molecule has 0 atom stereocenters. The molecule has 0 spiro atoms. The van der Waals surface area contributed by atoms with E-state index in [1.165, 1.54) is 33.0 Å². The van der Waals surface area contributed by atoms with Crippen molar-refractivity contribution < 1.29 is 4.42 Å². The van der Waals surface area contributed by atoms with Gasteiger partial charge in [-0.1, -0.05) is 115 Å². The van der Waals surface area contributed by atoms with Crippen molar-refractivity contribution in [3.05, 3.63) is 146 Å². The number of benzene rings is 6. The number of hydrogen-bond acceptors (Lipinski definition) is 5. The number of rotatable bonds is 4. The van der Waals surface area contributed by atoms with Crippen LogP contribution < -0.4 is 0 Å². The van der Waals surface area contributed by atoms with Crippen LogP contribution in [0.2, 0.25) is 0 Å². The van der Waals surface area contributed by atoms with Gasteiger partial charge in [0.2, 0.25) is 0 Å². The number of fused-ring (bicyclic) bond motifs is 6. The van der Waals surface area contributed by atoms with Gasteiger partial charge in [-0.3, -0.25) is 4.98 Å². The predicted octanol–water partition coefficient (Wildman–Crippen LogP) is 10.6. The minimum absolute atomic E-state index is 0.551. The van der Waals surface area contributed by atoms with Crippen LogP contribution in [0.3, 0.4) is 0 Å². The third-order valence-corrected chi connectivity index (χ3v) is 9.16. The van der Waals surface area contributed by atoms with Crippen molar-refractivity contribution in [2.45, 2.75) is 0 Å². The van der Waals surface area contributed by atoms with Gasteiger partial charge in [0.05, 0.1) is 6.20 Å². The molecule has 0 aliphatic heterocycles. The van der Waals surface area contributed by atoms with Crippen molar-refractivity contribution >= 4 is 32.7 Å². The van der Waals surface area contributed by atoms with E-state index < -0.39 is 0 Å². The molecular formula is C42H24N4O. The van der Waals surface area contributed by atoms with E-state index in [1.54, 1.807) is 6.20 Å². The van der Waals surface area contributed by atoms with Crippen LogP contribution >= 0.6 is 0 Å². The minimum Gasteiger partial charge on any atom is -0.454 e. The highest BCUT2D eigenvalue weighted by Crippen LogP contribution is 2.48. The largest absolute Gasteiger partial charge is 0.454 e. The molecule has 0 N–H and O–H groups in total. The zero-order valence-corrected chi connectivity index (χ0v) is 25.1. The predicted molar refractivity (Wildman–Crippen MR) is 189 cm³/mol. The fraction of sp³-hybridized carbons (Fsp3) is 0. The quantitative estimate of drug-likeness (QED) is 0.201. The molecule has 47 heavy (non-hydrogen) atoms. The molecule has 0 radical (unpaired) electrons. The Kier molecular flexibility index (Phi) is 5.51. The molecule has 6 aromatic carbocycles. The van der Waals surface area contributed by atoms with E-state index in [1.807, 2.05) is 66.9 Å². The molecule has 0 saturated heterocycles. The van der Waals surface area contributed by atoms with Gasteiger partial charge in [-0.05, 0) is 62.4 Å². The Labute approximate surface area is 269 Å². The van der Waals surface area contributed by atoms with Crippen molar-refractivity contribution in [1.29, 1.82) is 0 Å². The molecule has 0 saturated carbocycles. The van der Waals surface area contributed by atoms with E-state index in [4.69, 9.17) is 19.4 Å². The van der Waals surface area contributed by atoms with E-state index in [2.05, 4.69) is 77.8 Å². The smallest absolute Gasteiger partial charge is 0.166 e. The van der Waals surface area contributed by atoms with Gasteiger partial charge in [0, 0.05) is 33.7 Å². The first-order chi connectivity index (χ1) is 23.3. The van der Waals surface area contributed by atoms with Crippen LogP contribution in [0.25, 0.3) is 100 Å². The maximum atomic E-state index is 6.46. The van der Waals surface area contributed by atoms with Crippen LogP contribution in [0.15, 0.2) is 150 Å². The van der Waals surface area contributed by atoms with Crippen LogP contribution in [0.1, 0.15) is 0 Å². The Bertz CT molecular complexity index is 2620. The van der Waals surface area contributed by atoms with Crippen molar-refractivity contribution in [1.82, 2.24) is 19.9 Å². The maximum Gasteiger partial charge on any atom is 0.166 e. The fourth-order valence-electron chi connectivity index (χ4n) is 6.98. The summed E-state index contributed by atoms with van der Waals surface area (Å²) in [5.74, 6) is 1.77. The second-order valence-corrected chi connectivity index (χ2v) is 11.9. The summed E-state index contributed by atoms with van der Waals surface area (Å²) in [6, 6.07) is 46.3. The third-order valence-electron chi connectivity index (χ3n) is 9.16. The van der Waals surface area contributed by atoms with Gasteiger partial charge in [0.1, 0.15) is 5.58 Å². The Balaban J connectivity index is 1.12. The van der Waals surface area contributed by atoms with E-state index in [0.717, 1.165) is 44.2 Å². The Morgan fingerprint density at radius 1 is 0.383 bits per heavy atom. The standard InChI is InChI=1S/C42H24N4O/c1-3-9-26(10-4-1)40-44-41(27-11-5-2-6-12-27)46-42(45-40)35-23-43-24-37-39(35)33-20-18-29(22-36(33)47-37)28-17-19-30-31-15-7-13-25-14-8-16-32(38(25)31)34(30)21-28/h1-24H. The summed E-state index contributed by atoms with van der Waals surface area (Å²) >= 11 is 0.